The molecular formula is C15H21N3O3. The van der Waals surface area contributed by atoms with Crippen LogP contribution in [0, 0.1) is 0 Å². The van der Waals surface area contributed by atoms with E-state index in [1.807, 2.05) is 13.0 Å². The molecule has 0 spiro atoms. The van der Waals surface area contributed by atoms with E-state index in [4.69, 9.17) is 4.74 Å². The maximum Gasteiger partial charge on any atom is 0.248 e. The lowest BCUT2D eigenvalue weighted by Crippen LogP contribution is -2.54. The fraction of sp³-hybridized carbons (Fsp3) is 0.533. The summed E-state index contributed by atoms with van der Waals surface area (Å²) in [4.78, 5) is 30.2. The first kappa shape index (κ1) is 15.3. The molecule has 21 heavy (non-hydrogen) atoms. The van der Waals surface area contributed by atoms with Crippen molar-refractivity contribution in [3.05, 3.63) is 23.9 Å². The van der Waals surface area contributed by atoms with E-state index in [-0.39, 0.29) is 11.8 Å². The normalized spacial score (nSPS) is 22.7. The fourth-order valence-electron chi connectivity index (χ4n) is 2.38. The van der Waals surface area contributed by atoms with E-state index in [0.717, 1.165) is 5.56 Å². The summed E-state index contributed by atoms with van der Waals surface area (Å²) in [6.45, 7) is 4.54. The number of nitrogens with one attached hydrogen (secondary N) is 1. The second kappa shape index (κ2) is 6.11. The summed E-state index contributed by atoms with van der Waals surface area (Å²) >= 11 is 0. The van der Waals surface area contributed by atoms with Crippen molar-refractivity contribution >= 4 is 11.8 Å². The molecule has 1 aromatic rings. The van der Waals surface area contributed by atoms with Crippen LogP contribution in [-0.4, -0.2) is 40.9 Å². The summed E-state index contributed by atoms with van der Waals surface area (Å²) in [7, 11) is 1.56. The number of rotatable bonds is 4. The highest BCUT2D eigenvalue weighted by Gasteiger charge is 2.38. The molecule has 1 unspecified atom stereocenters. The molecule has 2 rings (SSSR count). The molecule has 0 aliphatic carbocycles. The summed E-state index contributed by atoms with van der Waals surface area (Å²) in [5.74, 6) is 0.386. The number of pyridine rings is 1. The molecule has 1 aliphatic heterocycles. The predicted octanol–water partition coefficient (Wildman–Crippen LogP) is 1.11. The number of amides is 2. The summed E-state index contributed by atoms with van der Waals surface area (Å²) in [6, 6.07) is 3.65. The van der Waals surface area contributed by atoms with Crippen molar-refractivity contribution in [2.45, 2.75) is 38.8 Å². The summed E-state index contributed by atoms with van der Waals surface area (Å²) in [5, 5.41) is 2.83. The standard InChI is InChI=1S/C15H21N3O3/c1-4-15(2)14(20)18(8-6-12(19)17-15)10-11-5-7-16-13(9-11)21-3/h5,7,9H,4,6,8,10H2,1-3H3,(H,17,19). The van der Waals surface area contributed by atoms with Gasteiger partial charge >= 0.3 is 0 Å². The van der Waals surface area contributed by atoms with E-state index >= 15 is 0 Å². The highest BCUT2D eigenvalue weighted by Crippen LogP contribution is 2.20. The molecule has 1 aliphatic rings. The Hall–Kier alpha value is -2.11. The van der Waals surface area contributed by atoms with E-state index in [0.29, 0.717) is 31.8 Å². The van der Waals surface area contributed by atoms with Gasteiger partial charge in [0.25, 0.3) is 0 Å². The van der Waals surface area contributed by atoms with Crippen LogP contribution in [0.4, 0.5) is 0 Å². The largest absolute Gasteiger partial charge is 0.481 e. The lowest BCUT2D eigenvalue weighted by Gasteiger charge is -2.31. The fourth-order valence-corrected chi connectivity index (χ4v) is 2.38. The minimum Gasteiger partial charge on any atom is -0.481 e. The first-order chi connectivity index (χ1) is 9.98. The molecule has 1 N–H and O–H groups in total. The Kier molecular flexibility index (Phi) is 4.45. The highest BCUT2D eigenvalue weighted by molar-refractivity contribution is 5.93. The molecule has 6 nitrogen and oxygen atoms in total. The van der Waals surface area contributed by atoms with Crippen molar-refractivity contribution < 1.29 is 14.3 Å². The van der Waals surface area contributed by atoms with Gasteiger partial charge in [0.05, 0.1) is 7.11 Å². The van der Waals surface area contributed by atoms with Crippen LogP contribution in [0.5, 0.6) is 5.88 Å². The molecule has 1 aromatic heterocycles. The molecule has 0 aromatic carbocycles. The van der Waals surface area contributed by atoms with Gasteiger partial charge in [0.1, 0.15) is 5.54 Å². The number of carbonyl (C=O) groups is 2. The molecule has 0 bridgehead atoms. The van der Waals surface area contributed by atoms with E-state index < -0.39 is 5.54 Å². The monoisotopic (exact) mass is 291 g/mol. The molecule has 114 valence electrons. The van der Waals surface area contributed by atoms with Crippen molar-refractivity contribution in [2.75, 3.05) is 13.7 Å². The van der Waals surface area contributed by atoms with Gasteiger partial charge in [-0.05, 0) is 25.0 Å². The van der Waals surface area contributed by atoms with E-state index in [1.54, 1.807) is 31.2 Å². The van der Waals surface area contributed by atoms with Gasteiger partial charge in [-0.2, -0.15) is 0 Å². The van der Waals surface area contributed by atoms with Gasteiger partial charge in [0.15, 0.2) is 0 Å². The molecule has 1 atom stereocenters. The number of hydrogen-bond acceptors (Lipinski definition) is 4. The van der Waals surface area contributed by atoms with Crippen LogP contribution in [0.15, 0.2) is 18.3 Å². The Labute approximate surface area is 124 Å². The molecule has 2 heterocycles. The summed E-state index contributed by atoms with van der Waals surface area (Å²) in [5.41, 5.74) is 0.105. The Morgan fingerprint density at radius 1 is 1.48 bits per heavy atom. The molecule has 1 saturated heterocycles. The number of aromatic nitrogens is 1. The van der Waals surface area contributed by atoms with Crippen molar-refractivity contribution in [3.63, 3.8) is 0 Å². The molecule has 0 saturated carbocycles. The number of ether oxygens (including phenoxy) is 1. The van der Waals surface area contributed by atoms with Gasteiger partial charge in [-0.3, -0.25) is 9.59 Å². The zero-order chi connectivity index (χ0) is 15.5. The molecule has 1 fully saturated rings. The highest BCUT2D eigenvalue weighted by atomic mass is 16.5. The lowest BCUT2D eigenvalue weighted by atomic mass is 9.97. The van der Waals surface area contributed by atoms with Crippen LogP contribution in [0.1, 0.15) is 32.3 Å². The minimum absolute atomic E-state index is 0.0494. The molecule has 6 heteroatoms. The third-order valence-electron chi connectivity index (χ3n) is 3.87. The number of methoxy groups -OCH3 is 1. The van der Waals surface area contributed by atoms with Crippen LogP contribution in [0.25, 0.3) is 0 Å². The van der Waals surface area contributed by atoms with Crippen molar-refractivity contribution in [3.8, 4) is 5.88 Å². The van der Waals surface area contributed by atoms with Crippen molar-refractivity contribution in [1.29, 1.82) is 0 Å². The van der Waals surface area contributed by atoms with Gasteiger partial charge in [-0.1, -0.05) is 6.92 Å². The Morgan fingerprint density at radius 3 is 2.90 bits per heavy atom. The van der Waals surface area contributed by atoms with Gasteiger partial charge in [0.2, 0.25) is 17.7 Å². The second-order valence-electron chi connectivity index (χ2n) is 5.42. The molecule has 0 radical (unpaired) electrons. The smallest absolute Gasteiger partial charge is 0.248 e. The zero-order valence-corrected chi connectivity index (χ0v) is 12.7. The predicted molar refractivity (Wildman–Crippen MR) is 77.7 cm³/mol. The van der Waals surface area contributed by atoms with Crippen LogP contribution in [-0.2, 0) is 16.1 Å². The number of carbonyl (C=O) groups excluding carboxylic acids is 2. The Morgan fingerprint density at radius 2 is 2.24 bits per heavy atom. The summed E-state index contributed by atoms with van der Waals surface area (Å²) < 4.78 is 5.09. The molecule has 2 amide bonds. The minimum atomic E-state index is -0.829. The first-order valence-corrected chi connectivity index (χ1v) is 7.08. The average Bonchev–Trinajstić information content (AvgIpc) is 2.59. The van der Waals surface area contributed by atoms with Gasteiger partial charge in [-0.25, -0.2) is 4.98 Å². The third kappa shape index (κ3) is 3.32. The van der Waals surface area contributed by atoms with Gasteiger partial charge < -0.3 is 15.0 Å². The number of nitrogens with zero attached hydrogens (tertiary/aromatic N) is 2. The van der Waals surface area contributed by atoms with Gasteiger partial charge in [0, 0.05) is 31.8 Å². The van der Waals surface area contributed by atoms with Crippen molar-refractivity contribution in [1.82, 2.24) is 15.2 Å². The van der Waals surface area contributed by atoms with Crippen molar-refractivity contribution in [2.24, 2.45) is 0 Å². The van der Waals surface area contributed by atoms with Crippen LogP contribution in [0.2, 0.25) is 0 Å². The van der Waals surface area contributed by atoms with E-state index in [9.17, 15) is 9.59 Å². The Balaban J connectivity index is 2.21. The van der Waals surface area contributed by atoms with E-state index in [1.165, 1.54) is 0 Å². The SMILES string of the molecule is CCC1(C)NC(=O)CCN(Cc2ccnc(OC)c2)C1=O. The zero-order valence-electron chi connectivity index (χ0n) is 12.7. The second-order valence-corrected chi connectivity index (χ2v) is 5.42. The first-order valence-electron chi connectivity index (χ1n) is 7.08. The molecular weight excluding hydrogens is 270 g/mol. The van der Waals surface area contributed by atoms with Crippen LogP contribution in [0.3, 0.4) is 0 Å². The van der Waals surface area contributed by atoms with Crippen LogP contribution < -0.4 is 10.1 Å². The quantitative estimate of drug-likeness (QED) is 0.902. The average molecular weight is 291 g/mol. The maximum absolute atomic E-state index is 12.7. The number of hydrogen-bond donors (Lipinski definition) is 1. The van der Waals surface area contributed by atoms with Crippen LogP contribution >= 0.6 is 0 Å². The maximum atomic E-state index is 12.7. The third-order valence-corrected chi connectivity index (χ3v) is 3.87. The lowest BCUT2D eigenvalue weighted by molar-refractivity contribution is -0.138. The van der Waals surface area contributed by atoms with Gasteiger partial charge in [-0.15, -0.1) is 0 Å². The van der Waals surface area contributed by atoms with E-state index in [2.05, 4.69) is 10.3 Å². The topological polar surface area (TPSA) is 71.5 Å². The summed E-state index contributed by atoms with van der Waals surface area (Å²) in [6.07, 6.45) is 2.54. The Bertz CT molecular complexity index is 547.